The van der Waals surface area contributed by atoms with Crippen LogP contribution in [0.2, 0.25) is 0 Å². The van der Waals surface area contributed by atoms with Gasteiger partial charge in [0.05, 0.1) is 12.2 Å². The van der Waals surface area contributed by atoms with Crippen molar-refractivity contribution in [3.63, 3.8) is 0 Å². The van der Waals surface area contributed by atoms with Crippen LogP contribution >= 0.6 is 0 Å². The van der Waals surface area contributed by atoms with E-state index in [4.69, 9.17) is 5.73 Å². The highest BCUT2D eigenvalue weighted by molar-refractivity contribution is 6.11. The number of nitrogen functional groups attached to an aromatic ring is 1. The maximum atomic E-state index is 13.5. The van der Waals surface area contributed by atoms with Crippen LogP contribution in [0.4, 0.5) is 19.4 Å². The summed E-state index contributed by atoms with van der Waals surface area (Å²) in [6, 6.07) is 11.1. The van der Waals surface area contributed by atoms with E-state index in [9.17, 15) is 23.2 Å². The lowest BCUT2D eigenvalue weighted by molar-refractivity contribution is -0.135. The molecule has 1 aliphatic heterocycles. The first-order valence-electron chi connectivity index (χ1n) is 9.57. The topological polar surface area (TPSA) is 105 Å². The van der Waals surface area contributed by atoms with Crippen LogP contribution in [0.1, 0.15) is 36.0 Å². The first-order valence-corrected chi connectivity index (χ1v) is 9.57. The lowest BCUT2D eigenvalue weighted by Gasteiger charge is -2.34. The second kappa shape index (κ2) is 7.16. The van der Waals surface area contributed by atoms with Crippen molar-refractivity contribution < 1.29 is 23.2 Å². The number of nitrogens with two attached hydrogens (primary N) is 1. The molecule has 1 aromatic carbocycles. The molecule has 2 aliphatic rings. The molecule has 156 valence electrons. The fourth-order valence-corrected chi connectivity index (χ4v) is 3.88. The number of amides is 3. The molecule has 1 aromatic heterocycles. The molecule has 2 heterocycles. The monoisotopic (exact) mass is 414 g/mol. The largest absolute Gasteiger partial charge is 0.384 e. The van der Waals surface area contributed by atoms with E-state index in [0.29, 0.717) is 17.1 Å². The van der Waals surface area contributed by atoms with Gasteiger partial charge in [-0.3, -0.25) is 14.5 Å². The van der Waals surface area contributed by atoms with Crippen molar-refractivity contribution in [2.45, 2.75) is 37.1 Å². The Kier molecular flexibility index (Phi) is 4.76. The highest BCUT2D eigenvalue weighted by atomic mass is 19.3. The Labute approximate surface area is 171 Å². The predicted octanol–water partition coefficient (Wildman–Crippen LogP) is 3.01. The summed E-state index contributed by atoms with van der Waals surface area (Å²) in [5.41, 5.74) is 6.08. The van der Waals surface area contributed by atoms with Crippen molar-refractivity contribution in [3.8, 4) is 11.3 Å². The van der Waals surface area contributed by atoms with Gasteiger partial charge in [-0.25, -0.2) is 18.6 Å². The third-order valence-electron chi connectivity index (χ3n) is 5.66. The van der Waals surface area contributed by atoms with E-state index >= 15 is 0 Å². The lowest BCUT2D eigenvalue weighted by Crippen LogP contribution is -2.51. The number of ketones is 1. The van der Waals surface area contributed by atoms with Crippen molar-refractivity contribution in [3.05, 3.63) is 48.0 Å². The Hall–Kier alpha value is -3.36. The summed E-state index contributed by atoms with van der Waals surface area (Å²) in [7, 11) is 0. The highest BCUT2D eigenvalue weighted by Gasteiger charge is 2.55. The number of aromatic nitrogens is 1. The summed E-state index contributed by atoms with van der Waals surface area (Å²) >= 11 is 0. The molecule has 0 bridgehead atoms. The van der Waals surface area contributed by atoms with Gasteiger partial charge in [0.2, 0.25) is 5.92 Å². The zero-order valence-corrected chi connectivity index (χ0v) is 16.0. The molecule has 1 spiro atoms. The normalized spacial score (nSPS) is 19.7. The average Bonchev–Trinajstić information content (AvgIpc) is 2.95. The summed E-state index contributed by atoms with van der Waals surface area (Å²) < 4.78 is 26.9. The van der Waals surface area contributed by atoms with Crippen LogP contribution in [0.5, 0.6) is 0 Å². The number of hydrogen-bond donors (Lipinski definition) is 2. The zero-order chi connectivity index (χ0) is 21.5. The van der Waals surface area contributed by atoms with Gasteiger partial charge in [0.1, 0.15) is 11.4 Å². The number of carbonyl (C=O) groups is 3. The maximum absolute atomic E-state index is 13.5. The number of halogens is 2. The molecule has 3 N–H and O–H groups in total. The minimum absolute atomic E-state index is 0.142. The second-order valence-electron chi connectivity index (χ2n) is 7.71. The molecule has 9 heteroatoms. The molecule has 1 saturated heterocycles. The van der Waals surface area contributed by atoms with Crippen molar-refractivity contribution in [2.24, 2.45) is 0 Å². The van der Waals surface area contributed by atoms with E-state index < -0.39 is 48.6 Å². The number of nitrogens with zero attached hydrogens (tertiary/aromatic N) is 2. The molecule has 0 atom stereocenters. The van der Waals surface area contributed by atoms with E-state index in [0.717, 1.165) is 10.5 Å². The Bertz CT molecular complexity index is 1010. The molecular formula is C21H20F2N4O3. The molecule has 7 nitrogen and oxygen atoms in total. The Morgan fingerprint density at radius 2 is 1.73 bits per heavy atom. The molecule has 30 heavy (non-hydrogen) atoms. The van der Waals surface area contributed by atoms with E-state index in [1.165, 1.54) is 0 Å². The average molecular weight is 414 g/mol. The second-order valence-corrected chi connectivity index (χ2v) is 7.71. The summed E-state index contributed by atoms with van der Waals surface area (Å²) in [5.74, 6) is -3.50. The van der Waals surface area contributed by atoms with Crippen molar-refractivity contribution >= 4 is 23.5 Å². The van der Waals surface area contributed by atoms with Crippen molar-refractivity contribution in [1.82, 2.24) is 15.2 Å². The van der Waals surface area contributed by atoms with Gasteiger partial charge >= 0.3 is 6.03 Å². The van der Waals surface area contributed by atoms with E-state index in [-0.39, 0.29) is 12.8 Å². The first kappa shape index (κ1) is 19.9. The van der Waals surface area contributed by atoms with Gasteiger partial charge in [0.25, 0.3) is 5.91 Å². The van der Waals surface area contributed by atoms with Crippen LogP contribution < -0.4 is 11.1 Å². The summed E-state index contributed by atoms with van der Waals surface area (Å²) in [5, 5.41) is 2.53. The third-order valence-corrected chi connectivity index (χ3v) is 5.66. The van der Waals surface area contributed by atoms with Gasteiger partial charge in [-0.2, -0.15) is 0 Å². The number of urea groups is 1. The number of pyridine rings is 1. The van der Waals surface area contributed by atoms with Crippen molar-refractivity contribution in [2.75, 3.05) is 12.3 Å². The molecule has 1 saturated carbocycles. The van der Waals surface area contributed by atoms with E-state index in [2.05, 4.69) is 10.3 Å². The molecule has 2 fully saturated rings. The highest BCUT2D eigenvalue weighted by Crippen LogP contribution is 2.41. The lowest BCUT2D eigenvalue weighted by atomic mass is 9.80. The SMILES string of the molecule is Nc1cccc(-c2ccc(C(=O)CN3C(=O)NC4(CCC(F)(F)CC4)C3=O)cc2)n1. The van der Waals surface area contributed by atoms with Crippen LogP contribution in [-0.2, 0) is 4.79 Å². The van der Waals surface area contributed by atoms with E-state index in [1.807, 2.05) is 0 Å². The van der Waals surface area contributed by atoms with Crippen molar-refractivity contribution in [1.29, 1.82) is 0 Å². The number of nitrogens with one attached hydrogen (secondary N) is 1. The number of carbonyl (C=O) groups excluding carboxylic acids is 3. The van der Waals surface area contributed by atoms with Crippen LogP contribution in [0, 0.1) is 0 Å². The zero-order valence-electron chi connectivity index (χ0n) is 16.0. The van der Waals surface area contributed by atoms with Gasteiger partial charge in [-0.05, 0) is 25.0 Å². The number of Topliss-reactive ketones (excluding diaryl/α,β-unsaturated/α-hetero) is 1. The minimum atomic E-state index is -2.83. The number of hydrogen-bond acceptors (Lipinski definition) is 5. The van der Waals surface area contributed by atoms with Gasteiger partial charge < -0.3 is 11.1 Å². The van der Waals surface area contributed by atoms with Gasteiger partial charge in [0.15, 0.2) is 5.78 Å². The number of imide groups is 1. The first-order chi connectivity index (χ1) is 14.2. The summed E-state index contributed by atoms with van der Waals surface area (Å²) in [4.78, 5) is 42.7. The maximum Gasteiger partial charge on any atom is 0.325 e. The molecular weight excluding hydrogens is 394 g/mol. The van der Waals surface area contributed by atoms with Gasteiger partial charge in [-0.1, -0.05) is 30.3 Å². The standard InChI is InChI=1S/C21H20F2N4O3/c22-21(23)10-8-20(9-11-21)18(29)27(19(30)26-20)12-16(28)14-6-4-13(5-7-14)15-2-1-3-17(24)25-15/h1-7H,8-12H2,(H2,24,25)(H,26,30). The number of anilines is 1. The number of rotatable bonds is 4. The quantitative estimate of drug-likeness (QED) is 0.591. The van der Waals surface area contributed by atoms with Crippen LogP contribution in [-0.4, -0.2) is 45.6 Å². The molecule has 2 aromatic rings. The van der Waals surface area contributed by atoms with Gasteiger partial charge in [0, 0.05) is 24.0 Å². The third kappa shape index (κ3) is 3.62. The van der Waals surface area contributed by atoms with Gasteiger partial charge in [-0.15, -0.1) is 0 Å². The number of benzene rings is 1. The fourth-order valence-electron chi connectivity index (χ4n) is 3.88. The predicted molar refractivity (Wildman–Crippen MR) is 105 cm³/mol. The minimum Gasteiger partial charge on any atom is -0.384 e. The Morgan fingerprint density at radius 1 is 1.07 bits per heavy atom. The van der Waals surface area contributed by atoms with Crippen LogP contribution in [0.25, 0.3) is 11.3 Å². The van der Waals surface area contributed by atoms with Crippen LogP contribution in [0.15, 0.2) is 42.5 Å². The van der Waals surface area contributed by atoms with E-state index in [1.54, 1.807) is 42.5 Å². The Balaban J connectivity index is 1.46. The Morgan fingerprint density at radius 3 is 2.37 bits per heavy atom. The van der Waals surface area contributed by atoms with Crippen LogP contribution in [0.3, 0.4) is 0 Å². The number of alkyl halides is 2. The molecule has 0 radical (unpaired) electrons. The molecule has 4 rings (SSSR count). The molecule has 1 aliphatic carbocycles. The molecule has 3 amide bonds. The summed E-state index contributed by atoms with van der Waals surface area (Å²) in [6.07, 6.45) is -1.23. The smallest absolute Gasteiger partial charge is 0.325 e. The summed E-state index contributed by atoms with van der Waals surface area (Å²) in [6.45, 7) is -0.446. The molecule has 0 unspecified atom stereocenters. The fraction of sp³-hybridized carbons (Fsp3) is 0.333.